The Morgan fingerprint density at radius 1 is 0.571 bits per heavy atom. The normalized spacial score (nSPS) is 19.6. The summed E-state index contributed by atoms with van der Waals surface area (Å²) in [5, 5.41) is 4.37. The summed E-state index contributed by atoms with van der Waals surface area (Å²) in [5.41, 5.74) is 4.37. The van der Waals surface area contributed by atoms with Crippen LogP contribution in [0.25, 0.3) is 0 Å². The molecule has 0 saturated heterocycles. The summed E-state index contributed by atoms with van der Waals surface area (Å²) >= 11 is 0. The number of allylic oxidation sites excluding steroid dienone is 4. The molecule has 1 aliphatic rings. The monoisotopic (exact) mass is 380 g/mol. The van der Waals surface area contributed by atoms with E-state index in [1.165, 1.54) is 32.3 Å². The van der Waals surface area contributed by atoms with Crippen LogP contribution in [0.2, 0.25) is 5.04 Å². The molecule has 140 valence electrons. The fraction of sp³-hybridized carbons (Fsp3) is 0.185. The molecule has 0 radical (unpaired) electrons. The van der Waals surface area contributed by atoms with Gasteiger partial charge >= 0.3 is 0 Å². The zero-order chi connectivity index (χ0) is 19.8. The molecule has 0 bridgehead atoms. The Labute approximate surface area is 170 Å². The zero-order valence-electron chi connectivity index (χ0n) is 17.2. The van der Waals surface area contributed by atoms with E-state index in [0.29, 0.717) is 0 Å². The first kappa shape index (κ1) is 18.7. The summed E-state index contributed by atoms with van der Waals surface area (Å²) in [6.45, 7) is 9.37. The molecule has 0 saturated carbocycles. The molecule has 0 spiro atoms. The van der Waals surface area contributed by atoms with E-state index in [1.54, 1.807) is 0 Å². The first-order valence-corrected chi connectivity index (χ1v) is 12.1. The predicted molar refractivity (Wildman–Crippen MR) is 124 cm³/mol. The van der Waals surface area contributed by atoms with Gasteiger partial charge in [-0.1, -0.05) is 115 Å². The first-order chi connectivity index (χ1) is 13.5. The van der Waals surface area contributed by atoms with Gasteiger partial charge in [0.1, 0.15) is 0 Å². The van der Waals surface area contributed by atoms with Crippen molar-refractivity contribution in [1.29, 1.82) is 0 Å². The second-order valence-electron chi connectivity index (χ2n) is 8.13. The smallest absolute Gasteiger partial charge is 0.0730 e. The lowest BCUT2D eigenvalue weighted by Gasteiger charge is -2.47. The van der Waals surface area contributed by atoms with Crippen LogP contribution in [0.15, 0.2) is 114 Å². The molecule has 3 aromatic rings. The van der Waals surface area contributed by atoms with Gasteiger partial charge in [-0.2, -0.15) is 0 Å². The largest absolute Gasteiger partial charge is 0.161 e. The molecule has 0 nitrogen and oxygen atoms in total. The standard InChI is InChI=1S/C27H28Si/c1-21-20-27(4,23(3)22(21)2)28(24-14-8-5-9-15-24,25-16-10-6-11-17-25)26-18-12-7-13-19-26/h5-20H,1-4H3. The summed E-state index contributed by atoms with van der Waals surface area (Å²) in [6, 6.07) is 33.7. The van der Waals surface area contributed by atoms with Crippen molar-refractivity contribution in [2.24, 2.45) is 0 Å². The van der Waals surface area contributed by atoms with Gasteiger partial charge < -0.3 is 0 Å². The van der Waals surface area contributed by atoms with Gasteiger partial charge in [0.15, 0.2) is 8.07 Å². The predicted octanol–water partition coefficient (Wildman–Crippen LogP) is 5.21. The summed E-state index contributed by atoms with van der Waals surface area (Å²) in [7, 11) is -2.40. The molecule has 1 heteroatoms. The van der Waals surface area contributed by atoms with Crippen LogP contribution in [0.1, 0.15) is 27.7 Å². The topological polar surface area (TPSA) is 0 Å². The lowest BCUT2D eigenvalue weighted by Crippen LogP contribution is -2.73. The maximum atomic E-state index is 2.55. The highest BCUT2D eigenvalue weighted by molar-refractivity contribution is 7.14. The van der Waals surface area contributed by atoms with Crippen molar-refractivity contribution in [3.8, 4) is 0 Å². The van der Waals surface area contributed by atoms with Gasteiger partial charge in [-0.3, -0.25) is 0 Å². The molecule has 0 N–H and O–H groups in total. The summed E-state index contributed by atoms with van der Waals surface area (Å²) in [5.74, 6) is 0. The molecule has 0 aliphatic heterocycles. The Bertz CT molecular complexity index is 933. The highest BCUT2D eigenvalue weighted by atomic mass is 28.3. The Kier molecular flexibility index (Phi) is 4.72. The van der Waals surface area contributed by atoms with Crippen molar-refractivity contribution in [3.63, 3.8) is 0 Å². The van der Waals surface area contributed by atoms with E-state index in [0.717, 1.165) is 0 Å². The third-order valence-electron chi connectivity index (χ3n) is 6.84. The van der Waals surface area contributed by atoms with Gasteiger partial charge in [0.05, 0.1) is 0 Å². The Morgan fingerprint density at radius 2 is 0.929 bits per heavy atom. The van der Waals surface area contributed by atoms with E-state index >= 15 is 0 Å². The molecule has 0 aromatic heterocycles. The minimum atomic E-state index is -2.40. The van der Waals surface area contributed by atoms with Gasteiger partial charge in [-0.05, 0) is 41.9 Å². The van der Waals surface area contributed by atoms with Crippen molar-refractivity contribution >= 4 is 23.6 Å². The lowest BCUT2D eigenvalue weighted by atomic mass is 10.0. The van der Waals surface area contributed by atoms with Gasteiger partial charge in [0, 0.05) is 5.04 Å². The van der Waals surface area contributed by atoms with E-state index in [-0.39, 0.29) is 5.04 Å². The fourth-order valence-corrected chi connectivity index (χ4v) is 11.2. The van der Waals surface area contributed by atoms with Crippen LogP contribution in [-0.2, 0) is 0 Å². The maximum absolute atomic E-state index is 2.55. The second kappa shape index (κ2) is 7.07. The average Bonchev–Trinajstić information content (AvgIpc) is 2.94. The molecule has 4 rings (SSSR count). The van der Waals surface area contributed by atoms with Crippen LogP contribution in [-0.4, -0.2) is 8.07 Å². The van der Waals surface area contributed by atoms with Crippen molar-refractivity contribution in [2.45, 2.75) is 32.7 Å². The third kappa shape index (κ3) is 2.57. The molecule has 0 heterocycles. The quantitative estimate of drug-likeness (QED) is 0.430. The van der Waals surface area contributed by atoms with Gasteiger partial charge in [0.25, 0.3) is 0 Å². The SMILES string of the molecule is CC1=CC(C)([Si](c2ccccc2)(c2ccccc2)c2ccccc2)C(C)=C1C. The Balaban J connectivity index is 2.19. The van der Waals surface area contributed by atoms with Crippen LogP contribution in [0.3, 0.4) is 0 Å². The van der Waals surface area contributed by atoms with Gasteiger partial charge in [-0.25, -0.2) is 0 Å². The van der Waals surface area contributed by atoms with Crippen LogP contribution >= 0.6 is 0 Å². The minimum Gasteiger partial charge on any atom is -0.0730 e. The van der Waals surface area contributed by atoms with E-state index in [2.05, 4.69) is 125 Å². The minimum absolute atomic E-state index is 0.0226. The van der Waals surface area contributed by atoms with Crippen molar-refractivity contribution in [1.82, 2.24) is 0 Å². The molecule has 1 unspecified atom stereocenters. The molecular weight excluding hydrogens is 352 g/mol. The fourth-order valence-electron chi connectivity index (χ4n) is 5.19. The molecule has 0 amide bonds. The van der Waals surface area contributed by atoms with Crippen molar-refractivity contribution < 1.29 is 0 Å². The molecule has 0 fully saturated rings. The van der Waals surface area contributed by atoms with Gasteiger partial charge in [-0.15, -0.1) is 0 Å². The van der Waals surface area contributed by atoms with E-state index in [4.69, 9.17) is 0 Å². The summed E-state index contributed by atoms with van der Waals surface area (Å²) < 4.78 is 0. The summed E-state index contributed by atoms with van der Waals surface area (Å²) in [4.78, 5) is 0. The number of hydrogen-bond acceptors (Lipinski definition) is 0. The number of rotatable bonds is 4. The first-order valence-electron chi connectivity index (χ1n) is 10.1. The van der Waals surface area contributed by atoms with Crippen LogP contribution in [0.5, 0.6) is 0 Å². The molecule has 1 aliphatic carbocycles. The highest BCUT2D eigenvalue weighted by Crippen LogP contribution is 2.52. The van der Waals surface area contributed by atoms with E-state index in [1.807, 2.05) is 0 Å². The van der Waals surface area contributed by atoms with Crippen molar-refractivity contribution in [2.75, 3.05) is 0 Å². The highest BCUT2D eigenvalue weighted by Gasteiger charge is 2.55. The van der Waals surface area contributed by atoms with E-state index < -0.39 is 8.07 Å². The van der Waals surface area contributed by atoms with Gasteiger partial charge in [0.2, 0.25) is 0 Å². The molecule has 1 atom stereocenters. The second-order valence-corrected chi connectivity index (χ2v) is 12.4. The average molecular weight is 381 g/mol. The van der Waals surface area contributed by atoms with Crippen LogP contribution < -0.4 is 15.6 Å². The number of benzene rings is 3. The lowest BCUT2D eigenvalue weighted by molar-refractivity contribution is 0.870. The van der Waals surface area contributed by atoms with Crippen molar-refractivity contribution in [3.05, 3.63) is 114 Å². The Morgan fingerprint density at radius 3 is 1.21 bits per heavy atom. The third-order valence-corrected chi connectivity index (χ3v) is 12.5. The van der Waals surface area contributed by atoms with Crippen LogP contribution in [0.4, 0.5) is 0 Å². The maximum Gasteiger partial charge on any atom is 0.161 e. The van der Waals surface area contributed by atoms with E-state index in [9.17, 15) is 0 Å². The molecular formula is C27H28Si. The zero-order valence-corrected chi connectivity index (χ0v) is 18.2. The molecule has 3 aromatic carbocycles. The number of hydrogen-bond donors (Lipinski definition) is 0. The molecule has 28 heavy (non-hydrogen) atoms. The summed E-state index contributed by atoms with van der Waals surface area (Å²) in [6.07, 6.45) is 2.55. The van der Waals surface area contributed by atoms with Crippen LogP contribution in [0, 0.1) is 0 Å². The Hall–Kier alpha value is -2.64.